The average molecular weight is 225 g/mol. The Kier molecular flexibility index (Phi) is 3.49. The minimum absolute atomic E-state index is 0.0250. The zero-order valence-electron chi connectivity index (χ0n) is 9.94. The van der Waals surface area contributed by atoms with Gasteiger partial charge in [0.2, 0.25) is 0 Å². The van der Waals surface area contributed by atoms with Gasteiger partial charge in [-0.2, -0.15) is 0 Å². The van der Waals surface area contributed by atoms with Crippen LogP contribution in [0.4, 0.5) is 4.79 Å². The summed E-state index contributed by atoms with van der Waals surface area (Å²) in [6.45, 7) is 6.92. The van der Waals surface area contributed by atoms with E-state index in [0.29, 0.717) is 25.7 Å². The summed E-state index contributed by atoms with van der Waals surface area (Å²) in [5.41, 5.74) is 1.44. The van der Waals surface area contributed by atoms with Crippen LogP contribution in [0.5, 0.6) is 0 Å². The lowest BCUT2D eigenvalue weighted by Crippen LogP contribution is -2.43. The highest BCUT2D eigenvalue weighted by Gasteiger charge is 2.26. The van der Waals surface area contributed by atoms with Crippen LogP contribution in [-0.4, -0.2) is 43.4 Å². The van der Waals surface area contributed by atoms with Crippen molar-refractivity contribution in [1.29, 1.82) is 0 Å². The summed E-state index contributed by atoms with van der Waals surface area (Å²) in [6, 6.07) is 0. The summed E-state index contributed by atoms with van der Waals surface area (Å²) in [7, 11) is 0. The van der Waals surface area contributed by atoms with E-state index in [0.717, 1.165) is 13.0 Å². The van der Waals surface area contributed by atoms with Crippen LogP contribution in [0, 0.1) is 5.92 Å². The Morgan fingerprint density at radius 2 is 2.31 bits per heavy atom. The highest BCUT2D eigenvalue weighted by Crippen LogP contribution is 2.19. The normalized spacial score (nSPS) is 21.7. The van der Waals surface area contributed by atoms with Gasteiger partial charge in [0, 0.05) is 13.1 Å². The lowest BCUT2D eigenvalue weighted by molar-refractivity contribution is -0.104. The van der Waals surface area contributed by atoms with Crippen LogP contribution in [0.1, 0.15) is 20.3 Å². The van der Waals surface area contributed by atoms with Crippen molar-refractivity contribution in [2.24, 2.45) is 5.92 Å². The fourth-order valence-electron chi connectivity index (χ4n) is 1.87. The molecule has 0 saturated carbocycles. The molecule has 2 aliphatic rings. The van der Waals surface area contributed by atoms with Gasteiger partial charge in [0.25, 0.3) is 0 Å². The van der Waals surface area contributed by atoms with Crippen LogP contribution in [-0.2, 0) is 9.47 Å². The smallest absolute Gasteiger partial charge is 0.410 e. The maximum atomic E-state index is 11.7. The number of amides is 1. The molecule has 2 heterocycles. The molecule has 4 heteroatoms. The molecule has 1 saturated heterocycles. The Morgan fingerprint density at radius 1 is 1.56 bits per heavy atom. The van der Waals surface area contributed by atoms with Gasteiger partial charge in [-0.3, -0.25) is 0 Å². The Labute approximate surface area is 96.2 Å². The van der Waals surface area contributed by atoms with Gasteiger partial charge in [0.05, 0.1) is 13.2 Å². The Hall–Kier alpha value is -1.03. The fourth-order valence-corrected chi connectivity index (χ4v) is 1.87. The SMILES string of the molecule is CC(C)C1=CCN(C(=O)OC2COC2)CC1. The van der Waals surface area contributed by atoms with E-state index in [9.17, 15) is 4.79 Å². The molecule has 1 fully saturated rings. The molecule has 0 aliphatic carbocycles. The lowest BCUT2D eigenvalue weighted by Gasteiger charge is -2.31. The summed E-state index contributed by atoms with van der Waals surface area (Å²) >= 11 is 0. The molecule has 16 heavy (non-hydrogen) atoms. The van der Waals surface area contributed by atoms with E-state index in [1.165, 1.54) is 5.57 Å². The average Bonchev–Trinajstić information content (AvgIpc) is 2.23. The zero-order chi connectivity index (χ0) is 11.5. The van der Waals surface area contributed by atoms with Crippen molar-refractivity contribution in [2.75, 3.05) is 26.3 Å². The van der Waals surface area contributed by atoms with Gasteiger partial charge >= 0.3 is 6.09 Å². The fraction of sp³-hybridized carbons (Fsp3) is 0.750. The molecule has 0 atom stereocenters. The molecule has 1 amide bonds. The molecule has 0 N–H and O–H groups in total. The summed E-state index contributed by atoms with van der Waals surface area (Å²) < 4.78 is 10.2. The molecule has 0 radical (unpaired) electrons. The van der Waals surface area contributed by atoms with E-state index < -0.39 is 0 Å². The monoisotopic (exact) mass is 225 g/mol. The first-order chi connectivity index (χ1) is 7.66. The number of hydrogen-bond acceptors (Lipinski definition) is 3. The van der Waals surface area contributed by atoms with Gasteiger partial charge in [0.1, 0.15) is 0 Å². The van der Waals surface area contributed by atoms with Crippen molar-refractivity contribution in [3.8, 4) is 0 Å². The van der Waals surface area contributed by atoms with Crippen LogP contribution in [0.25, 0.3) is 0 Å². The highest BCUT2D eigenvalue weighted by atomic mass is 16.6. The number of nitrogens with zero attached hydrogens (tertiary/aromatic N) is 1. The third-order valence-electron chi connectivity index (χ3n) is 3.12. The molecule has 2 rings (SSSR count). The second-order valence-electron chi connectivity index (χ2n) is 4.67. The third kappa shape index (κ3) is 2.55. The van der Waals surface area contributed by atoms with E-state index in [1.807, 2.05) is 0 Å². The van der Waals surface area contributed by atoms with E-state index in [1.54, 1.807) is 4.90 Å². The second-order valence-corrected chi connectivity index (χ2v) is 4.67. The summed E-state index contributed by atoms with van der Waals surface area (Å²) in [5, 5.41) is 0. The van der Waals surface area contributed by atoms with Gasteiger partial charge in [0.15, 0.2) is 6.10 Å². The Balaban J connectivity index is 1.81. The number of carbonyl (C=O) groups excluding carboxylic acids is 1. The van der Waals surface area contributed by atoms with Crippen molar-refractivity contribution in [2.45, 2.75) is 26.4 Å². The molecule has 4 nitrogen and oxygen atoms in total. The predicted molar refractivity (Wildman–Crippen MR) is 60.2 cm³/mol. The van der Waals surface area contributed by atoms with Crippen LogP contribution in [0.3, 0.4) is 0 Å². The molecule has 0 aromatic rings. The minimum Gasteiger partial charge on any atom is -0.441 e. The van der Waals surface area contributed by atoms with Crippen LogP contribution in [0.15, 0.2) is 11.6 Å². The van der Waals surface area contributed by atoms with Crippen molar-refractivity contribution in [3.05, 3.63) is 11.6 Å². The van der Waals surface area contributed by atoms with E-state index >= 15 is 0 Å². The second kappa shape index (κ2) is 4.87. The third-order valence-corrected chi connectivity index (χ3v) is 3.12. The summed E-state index contributed by atoms with van der Waals surface area (Å²) in [5.74, 6) is 0.582. The van der Waals surface area contributed by atoms with Gasteiger partial charge in [-0.1, -0.05) is 25.5 Å². The number of ether oxygens (including phenoxy) is 2. The first kappa shape index (κ1) is 11.5. The van der Waals surface area contributed by atoms with Crippen LogP contribution >= 0.6 is 0 Å². The molecule has 0 unspecified atom stereocenters. The van der Waals surface area contributed by atoms with Crippen LogP contribution in [0.2, 0.25) is 0 Å². The standard InChI is InChI=1S/C12H19NO3/c1-9(2)10-3-5-13(6-4-10)12(14)16-11-7-15-8-11/h3,9,11H,4-8H2,1-2H3. The minimum atomic E-state index is -0.202. The maximum absolute atomic E-state index is 11.7. The maximum Gasteiger partial charge on any atom is 0.410 e. The Bertz CT molecular complexity index is 295. The van der Waals surface area contributed by atoms with Crippen molar-refractivity contribution in [1.82, 2.24) is 4.90 Å². The molecule has 0 spiro atoms. The zero-order valence-corrected chi connectivity index (χ0v) is 9.94. The first-order valence-corrected chi connectivity index (χ1v) is 5.89. The summed E-state index contributed by atoms with van der Waals surface area (Å²) in [4.78, 5) is 13.5. The topological polar surface area (TPSA) is 38.8 Å². The largest absolute Gasteiger partial charge is 0.441 e. The number of hydrogen-bond donors (Lipinski definition) is 0. The number of carbonyl (C=O) groups is 1. The molecular weight excluding hydrogens is 206 g/mol. The van der Waals surface area contributed by atoms with Gasteiger partial charge in [-0.15, -0.1) is 0 Å². The van der Waals surface area contributed by atoms with Gasteiger partial charge in [-0.05, 0) is 12.3 Å². The van der Waals surface area contributed by atoms with Crippen LogP contribution < -0.4 is 0 Å². The lowest BCUT2D eigenvalue weighted by atomic mass is 9.97. The quantitative estimate of drug-likeness (QED) is 0.673. The predicted octanol–water partition coefficient (Wildman–Crippen LogP) is 1.81. The van der Waals surface area contributed by atoms with Crippen molar-refractivity contribution in [3.63, 3.8) is 0 Å². The molecule has 0 aromatic carbocycles. The highest BCUT2D eigenvalue weighted by molar-refractivity contribution is 5.68. The molecule has 90 valence electrons. The van der Waals surface area contributed by atoms with Crippen molar-refractivity contribution >= 4 is 6.09 Å². The molecular formula is C12H19NO3. The van der Waals surface area contributed by atoms with E-state index in [2.05, 4.69) is 19.9 Å². The first-order valence-electron chi connectivity index (χ1n) is 5.89. The van der Waals surface area contributed by atoms with E-state index in [-0.39, 0.29) is 12.2 Å². The molecule has 0 aromatic heterocycles. The van der Waals surface area contributed by atoms with E-state index in [4.69, 9.17) is 9.47 Å². The molecule has 2 aliphatic heterocycles. The van der Waals surface area contributed by atoms with Gasteiger partial charge in [-0.25, -0.2) is 4.79 Å². The summed E-state index contributed by atoms with van der Waals surface area (Å²) in [6.07, 6.45) is 2.89. The van der Waals surface area contributed by atoms with Crippen molar-refractivity contribution < 1.29 is 14.3 Å². The number of rotatable bonds is 2. The molecule has 0 bridgehead atoms. The van der Waals surface area contributed by atoms with Gasteiger partial charge < -0.3 is 14.4 Å². The Morgan fingerprint density at radius 3 is 2.75 bits per heavy atom.